The molecule has 29 heavy (non-hydrogen) atoms. The molecule has 1 aromatic heterocycles. The Hall–Kier alpha value is -2.43. The number of piperazine rings is 1. The van der Waals surface area contributed by atoms with Crippen molar-refractivity contribution in [2.75, 3.05) is 38.1 Å². The van der Waals surface area contributed by atoms with Gasteiger partial charge in [0.25, 0.3) is 0 Å². The number of aromatic nitrogens is 2. The number of hydrogen-bond acceptors (Lipinski definition) is 5. The second kappa shape index (κ2) is 8.52. The summed E-state index contributed by atoms with van der Waals surface area (Å²) in [5.74, 6) is -0.146. The Bertz CT molecular complexity index is 846. The van der Waals surface area contributed by atoms with Crippen LogP contribution in [0.1, 0.15) is 24.4 Å². The number of anilines is 1. The van der Waals surface area contributed by atoms with Crippen LogP contribution in [0.3, 0.4) is 0 Å². The van der Waals surface area contributed by atoms with Crippen molar-refractivity contribution in [3.05, 3.63) is 47.8 Å². The van der Waals surface area contributed by atoms with E-state index in [9.17, 15) is 23.1 Å². The average Bonchev–Trinajstić information content (AvgIpc) is 3.17. The minimum absolute atomic E-state index is 0.146. The molecule has 0 spiro atoms. The van der Waals surface area contributed by atoms with E-state index >= 15 is 0 Å². The molecule has 1 aliphatic rings. The van der Waals surface area contributed by atoms with Gasteiger partial charge in [0, 0.05) is 46.7 Å². The molecule has 1 fully saturated rings. The molecule has 10 heteroatoms. The van der Waals surface area contributed by atoms with E-state index in [1.54, 1.807) is 24.2 Å². The van der Waals surface area contributed by atoms with Crippen LogP contribution in [0.5, 0.6) is 0 Å². The molecule has 1 aliphatic heterocycles. The third-order valence-corrected chi connectivity index (χ3v) is 5.13. The first-order valence-corrected chi connectivity index (χ1v) is 9.25. The summed E-state index contributed by atoms with van der Waals surface area (Å²) < 4.78 is 40.9. The topological polar surface area (TPSA) is 64.8 Å². The predicted molar refractivity (Wildman–Crippen MR) is 101 cm³/mol. The van der Waals surface area contributed by atoms with E-state index < -0.39 is 18.1 Å². The summed E-state index contributed by atoms with van der Waals surface area (Å²) in [7, 11) is 1.62. The molecule has 1 amide bonds. The molecule has 1 atom stereocenters. The molecule has 1 aromatic carbocycles. The number of alkyl halides is 3. The lowest BCUT2D eigenvalue weighted by Gasteiger charge is -2.37. The van der Waals surface area contributed by atoms with Gasteiger partial charge in [-0.3, -0.25) is 14.6 Å². The van der Waals surface area contributed by atoms with Gasteiger partial charge in [-0.05, 0) is 11.6 Å². The monoisotopic (exact) mass is 411 g/mol. The van der Waals surface area contributed by atoms with Crippen molar-refractivity contribution in [2.24, 2.45) is 0 Å². The van der Waals surface area contributed by atoms with Gasteiger partial charge in [-0.25, -0.2) is 4.68 Å². The minimum atomic E-state index is -4.38. The number of halogens is 3. The molecule has 7 nitrogen and oxygen atoms in total. The molecule has 0 aliphatic carbocycles. The van der Waals surface area contributed by atoms with Gasteiger partial charge in [0.1, 0.15) is 0 Å². The van der Waals surface area contributed by atoms with Crippen LogP contribution in [-0.4, -0.2) is 63.8 Å². The Kier molecular flexibility index (Phi) is 6.25. The van der Waals surface area contributed by atoms with Crippen LogP contribution in [-0.2, 0) is 17.5 Å². The van der Waals surface area contributed by atoms with E-state index in [0.29, 0.717) is 31.9 Å². The van der Waals surface area contributed by atoms with Crippen LogP contribution >= 0.6 is 0 Å². The number of amides is 1. The zero-order chi connectivity index (χ0) is 21.2. The highest BCUT2D eigenvalue weighted by Gasteiger charge is 2.33. The van der Waals surface area contributed by atoms with Crippen LogP contribution in [0.25, 0.3) is 0 Å². The summed E-state index contributed by atoms with van der Waals surface area (Å²) in [6.45, 7) is 3.63. The van der Waals surface area contributed by atoms with Gasteiger partial charge < -0.3 is 10.0 Å². The van der Waals surface area contributed by atoms with E-state index in [-0.39, 0.29) is 18.0 Å². The summed E-state index contributed by atoms with van der Waals surface area (Å²) >= 11 is 0. The van der Waals surface area contributed by atoms with Gasteiger partial charge in [0.05, 0.1) is 23.6 Å². The maximum Gasteiger partial charge on any atom is 0.416 e. The number of hydrogen-bond donors (Lipinski definition) is 1. The van der Waals surface area contributed by atoms with E-state index in [0.717, 1.165) is 6.07 Å². The zero-order valence-corrected chi connectivity index (χ0v) is 16.3. The molecular weight excluding hydrogens is 387 g/mol. The number of carbonyl (C=O) groups is 1. The summed E-state index contributed by atoms with van der Waals surface area (Å²) in [5, 5.41) is 14.7. The Balaban J connectivity index is 1.59. The van der Waals surface area contributed by atoms with Crippen LogP contribution in [0, 0.1) is 0 Å². The van der Waals surface area contributed by atoms with Crippen molar-refractivity contribution >= 4 is 11.6 Å². The van der Waals surface area contributed by atoms with Gasteiger partial charge in [0.2, 0.25) is 12.3 Å². The number of benzene rings is 1. The van der Waals surface area contributed by atoms with Crippen molar-refractivity contribution in [1.82, 2.24) is 19.6 Å². The fourth-order valence-corrected chi connectivity index (χ4v) is 3.30. The molecule has 1 unspecified atom stereocenters. The Morgan fingerprint density at radius 3 is 2.52 bits per heavy atom. The Morgan fingerprint density at radius 2 is 1.90 bits per heavy atom. The second-order valence-electron chi connectivity index (χ2n) is 7.07. The molecule has 0 bridgehead atoms. The van der Waals surface area contributed by atoms with Gasteiger partial charge in [-0.15, -0.1) is 0 Å². The van der Waals surface area contributed by atoms with Crippen molar-refractivity contribution in [3.8, 4) is 0 Å². The molecule has 0 saturated carbocycles. The zero-order valence-electron chi connectivity index (χ0n) is 16.3. The highest BCUT2D eigenvalue weighted by Crippen LogP contribution is 2.32. The Labute approximate surface area is 166 Å². The van der Waals surface area contributed by atoms with Gasteiger partial charge >= 0.3 is 6.18 Å². The molecular formula is C19H24F3N5O2. The lowest BCUT2D eigenvalue weighted by molar-refractivity contribution is -0.138. The third-order valence-electron chi connectivity index (χ3n) is 5.13. The van der Waals surface area contributed by atoms with Crippen LogP contribution in [0.15, 0.2) is 36.7 Å². The van der Waals surface area contributed by atoms with E-state index in [4.69, 9.17) is 0 Å². The van der Waals surface area contributed by atoms with Crippen molar-refractivity contribution in [3.63, 3.8) is 0 Å². The van der Waals surface area contributed by atoms with Crippen molar-refractivity contribution in [1.29, 1.82) is 0 Å². The lowest BCUT2D eigenvalue weighted by Crippen LogP contribution is -2.48. The third kappa shape index (κ3) is 4.95. The van der Waals surface area contributed by atoms with Gasteiger partial charge in [-0.2, -0.15) is 18.3 Å². The standard InChI is InChI=1S/C19H24F3N5O2/c1-14(28)24(2)16-11-23-27(13-16)18(29)26-9-7-25(8-10-26)12-15-5-3-4-6-17(15)19(20,21)22/h3-6,11,13,18,29H,7-10,12H2,1-2H3. The highest BCUT2D eigenvalue weighted by atomic mass is 19.4. The number of aliphatic hydroxyl groups excluding tert-OH is 1. The van der Waals surface area contributed by atoms with E-state index in [1.807, 2.05) is 4.90 Å². The summed E-state index contributed by atoms with van der Waals surface area (Å²) in [5.41, 5.74) is 0.207. The first-order chi connectivity index (χ1) is 13.7. The van der Waals surface area contributed by atoms with Crippen molar-refractivity contribution in [2.45, 2.75) is 26.0 Å². The lowest BCUT2D eigenvalue weighted by atomic mass is 10.1. The maximum absolute atomic E-state index is 13.2. The molecule has 3 rings (SSSR count). The predicted octanol–water partition coefficient (Wildman–Crippen LogP) is 2.15. The largest absolute Gasteiger partial charge is 0.416 e. The molecule has 0 radical (unpaired) electrons. The molecule has 158 valence electrons. The molecule has 2 aromatic rings. The minimum Gasteiger partial charge on any atom is -0.359 e. The fourth-order valence-electron chi connectivity index (χ4n) is 3.30. The Morgan fingerprint density at radius 1 is 1.24 bits per heavy atom. The smallest absolute Gasteiger partial charge is 0.359 e. The second-order valence-corrected chi connectivity index (χ2v) is 7.07. The summed E-state index contributed by atoms with van der Waals surface area (Å²) in [6, 6.07) is 5.60. The number of rotatable bonds is 5. The van der Waals surface area contributed by atoms with Gasteiger partial charge in [0.15, 0.2) is 0 Å². The normalized spacial score (nSPS) is 17.3. The van der Waals surface area contributed by atoms with E-state index in [2.05, 4.69) is 5.10 Å². The molecule has 1 N–H and O–H groups in total. The van der Waals surface area contributed by atoms with Crippen molar-refractivity contribution < 1.29 is 23.1 Å². The summed E-state index contributed by atoms with van der Waals surface area (Å²) in [6.07, 6.45) is -2.31. The summed E-state index contributed by atoms with van der Waals surface area (Å²) in [4.78, 5) is 16.6. The van der Waals surface area contributed by atoms with Crippen LogP contribution < -0.4 is 4.90 Å². The fraction of sp³-hybridized carbons (Fsp3) is 0.474. The number of aliphatic hydroxyl groups is 1. The first-order valence-electron chi connectivity index (χ1n) is 9.25. The first kappa shape index (κ1) is 21.3. The maximum atomic E-state index is 13.2. The molecule has 1 saturated heterocycles. The van der Waals surface area contributed by atoms with Gasteiger partial charge in [-0.1, -0.05) is 18.2 Å². The average molecular weight is 411 g/mol. The SMILES string of the molecule is CC(=O)N(C)c1cnn(C(O)N2CCN(Cc3ccccc3C(F)(F)F)CC2)c1. The van der Waals surface area contributed by atoms with Crippen LogP contribution in [0.2, 0.25) is 0 Å². The quantitative estimate of drug-likeness (QED) is 0.817. The molecule has 2 heterocycles. The van der Waals surface area contributed by atoms with Crippen LogP contribution in [0.4, 0.5) is 18.9 Å². The van der Waals surface area contributed by atoms with E-state index in [1.165, 1.54) is 34.8 Å². The number of nitrogens with zero attached hydrogens (tertiary/aromatic N) is 5. The highest BCUT2D eigenvalue weighted by molar-refractivity contribution is 5.90. The number of carbonyl (C=O) groups excluding carboxylic acids is 1.